The highest BCUT2D eigenvalue weighted by Crippen LogP contribution is 2.20. The normalized spacial score (nSPS) is 10.4. The lowest BCUT2D eigenvalue weighted by Crippen LogP contribution is -2.35. The van der Waals surface area contributed by atoms with E-state index in [0.29, 0.717) is 3.57 Å². The number of halogens is 3. The minimum atomic E-state index is -2.62. The monoisotopic (exact) mass is 384 g/mol. The van der Waals surface area contributed by atoms with Gasteiger partial charge >= 0.3 is 12.0 Å². The number of urea groups is 1. The van der Waals surface area contributed by atoms with Crippen LogP contribution in [0.15, 0.2) is 18.2 Å². The summed E-state index contributed by atoms with van der Waals surface area (Å²) in [4.78, 5) is 23.2. The van der Waals surface area contributed by atoms with Gasteiger partial charge in [0.05, 0.1) is 17.8 Å². The van der Waals surface area contributed by atoms with Crippen LogP contribution in [0.5, 0.6) is 0 Å². The van der Waals surface area contributed by atoms with Crippen molar-refractivity contribution in [1.82, 2.24) is 4.90 Å². The highest BCUT2D eigenvalue weighted by Gasteiger charge is 2.15. The summed E-state index contributed by atoms with van der Waals surface area (Å²) in [5.41, 5.74) is 0.277. The van der Waals surface area contributed by atoms with Crippen molar-refractivity contribution in [2.45, 2.75) is 6.43 Å². The van der Waals surface area contributed by atoms with Crippen molar-refractivity contribution in [3.8, 4) is 0 Å². The van der Waals surface area contributed by atoms with Gasteiger partial charge in [-0.3, -0.25) is 0 Å². The molecule has 8 heteroatoms. The lowest BCUT2D eigenvalue weighted by Gasteiger charge is -2.18. The molecule has 0 aliphatic carbocycles. The first kappa shape index (κ1) is 15.6. The van der Waals surface area contributed by atoms with Crippen molar-refractivity contribution in [2.75, 3.05) is 18.9 Å². The van der Waals surface area contributed by atoms with Gasteiger partial charge in [-0.25, -0.2) is 18.4 Å². The lowest BCUT2D eigenvalue weighted by atomic mass is 10.2. The Morgan fingerprint density at radius 3 is 2.63 bits per heavy atom. The second-order valence-electron chi connectivity index (χ2n) is 3.70. The molecule has 0 saturated heterocycles. The molecular formula is C11H11F2IN2O3. The third kappa shape index (κ3) is 4.62. The number of nitrogens with one attached hydrogen (secondary N) is 1. The van der Waals surface area contributed by atoms with E-state index in [-0.39, 0.29) is 11.3 Å². The zero-order chi connectivity index (χ0) is 14.6. The van der Waals surface area contributed by atoms with Crippen molar-refractivity contribution in [2.24, 2.45) is 0 Å². The number of aromatic carboxylic acids is 1. The van der Waals surface area contributed by atoms with Crippen LogP contribution in [0, 0.1) is 3.57 Å². The molecule has 1 rings (SSSR count). The Hall–Kier alpha value is -1.45. The summed E-state index contributed by atoms with van der Waals surface area (Å²) in [6, 6.07) is 3.47. The van der Waals surface area contributed by atoms with Gasteiger partial charge in [0.1, 0.15) is 0 Å². The first-order chi connectivity index (χ1) is 8.81. The van der Waals surface area contributed by atoms with E-state index >= 15 is 0 Å². The Bertz CT molecular complexity index is 497. The molecule has 0 unspecified atom stereocenters. The van der Waals surface area contributed by atoms with Crippen LogP contribution in [0.4, 0.5) is 19.3 Å². The van der Waals surface area contributed by atoms with Crippen LogP contribution in [0.25, 0.3) is 0 Å². The van der Waals surface area contributed by atoms with E-state index in [1.54, 1.807) is 0 Å². The molecule has 5 nitrogen and oxygen atoms in total. The van der Waals surface area contributed by atoms with Gasteiger partial charge in [0, 0.05) is 10.6 Å². The standard InChI is InChI=1S/C11H11F2IN2O3/c1-16(5-9(12)13)11(19)15-8-4-6(10(17)18)2-3-7(8)14/h2-4,9H,5H2,1H3,(H,15,19)(H,17,18). The second kappa shape index (κ2) is 6.64. The minimum Gasteiger partial charge on any atom is -0.478 e. The largest absolute Gasteiger partial charge is 0.478 e. The predicted octanol–water partition coefficient (Wildman–Crippen LogP) is 2.72. The van der Waals surface area contributed by atoms with E-state index in [9.17, 15) is 18.4 Å². The van der Waals surface area contributed by atoms with Crippen LogP contribution >= 0.6 is 22.6 Å². The molecule has 0 radical (unpaired) electrons. The van der Waals surface area contributed by atoms with Crippen LogP contribution in [0.1, 0.15) is 10.4 Å². The molecule has 1 aromatic carbocycles. The molecule has 2 N–H and O–H groups in total. The molecule has 0 aliphatic rings. The summed E-state index contributed by atoms with van der Waals surface area (Å²) in [5, 5.41) is 11.2. The van der Waals surface area contributed by atoms with Crippen molar-refractivity contribution in [3.63, 3.8) is 0 Å². The Kier molecular flexibility index (Phi) is 5.45. The quantitative estimate of drug-likeness (QED) is 0.785. The molecule has 0 bridgehead atoms. The number of carbonyl (C=O) groups excluding carboxylic acids is 1. The molecule has 0 aliphatic heterocycles. The first-order valence-corrected chi connectivity index (χ1v) is 6.22. The van der Waals surface area contributed by atoms with Crippen LogP contribution in [-0.4, -0.2) is 42.0 Å². The zero-order valence-electron chi connectivity index (χ0n) is 9.86. The van der Waals surface area contributed by atoms with Gasteiger partial charge in [-0.2, -0.15) is 0 Å². The molecule has 0 saturated carbocycles. The molecule has 104 valence electrons. The maximum absolute atomic E-state index is 12.1. The number of carboxylic acid groups (broad SMARTS) is 1. The summed E-state index contributed by atoms with van der Waals surface area (Å²) in [6.45, 7) is -0.693. The van der Waals surface area contributed by atoms with E-state index < -0.39 is 25.0 Å². The molecule has 0 aromatic heterocycles. The Labute approximate surface area is 121 Å². The van der Waals surface area contributed by atoms with E-state index in [1.165, 1.54) is 25.2 Å². The Morgan fingerprint density at radius 1 is 1.47 bits per heavy atom. The highest BCUT2D eigenvalue weighted by atomic mass is 127. The number of hydrogen-bond donors (Lipinski definition) is 2. The number of anilines is 1. The average molecular weight is 384 g/mol. The molecule has 2 amide bonds. The number of benzene rings is 1. The van der Waals surface area contributed by atoms with E-state index in [4.69, 9.17) is 5.11 Å². The zero-order valence-corrected chi connectivity index (χ0v) is 12.0. The van der Waals surface area contributed by atoms with Gasteiger partial charge in [-0.05, 0) is 40.8 Å². The summed E-state index contributed by atoms with van der Waals surface area (Å²) in [7, 11) is 1.23. The number of amides is 2. The average Bonchev–Trinajstić information content (AvgIpc) is 2.30. The van der Waals surface area contributed by atoms with E-state index in [2.05, 4.69) is 5.32 Å². The first-order valence-electron chi connectivity index (χ1n) is 5.14. The molecule has 0 spiro atoms. The van der Waals surface area contributed by atoms with Crippen LogP contribution < -0.4 is 5.32 Å². The predicted molar refractivity (Wildman–Crippen MR) is 73.8 cm³/mol. The molecule has 0 fully saturated rings. The fraction of sp³-hybridized carbons (Fsp3) is 0.273. The van der Waals surface area contributed by atoms with Crippen molar-refractivity contribution in [3.05, 3.63) is 27.3 Å². The fourth-order valence-corrected chi connectivity index (χ4v) is 1.73. The van der Waals surface area contributed by atoms with Gasteiger partial charge in [-0.1, -0.05) is 0 Å². The summed E-state index contributed by atoms with van der Waals surface area (Å²) < 4.78 is 24.9. The third-order valence-electron chi connectivity index (χ3n) is 2.21. The minimum absolute atomic E-state index is 0.00669. The second-order valence-corrected chi connectivity index (χ2v) is 4.86. The van der Waals surface area contributed by atoms with Crippen LogP contribution in [-0.2, 0) is 0 Å². The number of carbonyl (C=O) groups is 2. The van der Waals surface area contributed by atoms with Crippen molar-refractivity contribution >= 4 is 40.3 Å². The number of nitrogens with zero attached hydrogens (tertiary/aromatic N) is 1. The molecular weight excluding hydrogens is 373 g/mol. The smallest absolute Gasteiger partial charge is 0.335 e. The SMILES string of the molecule is CN(CC(F)F)C(=O)Nc1cc(C(=O)O)ccc1I. The highest BCUT2D eigenvalue weighted by molar-refractivity contribution is 14.1. The number of carboxylic acids is 1. The molecule has 19 heavy (non-hydrogen) atoms. The van der Waals surface area contributed by atoms with Crippen molar-refractivity contribution < 1.29 is 23.5 Å². The summed E-state index contributed by atoms with van der Waals surface area (Å²) in [5.74, 6) is -1.13. The topological polar surface area (TPSA) is 69.6 Å². The summed E-state index contributed by atoms with van der Waals surface area (Å²) in [6.07, 6.45) is -2.62. The summed E-state index contributed by atoms with van der Waals surface area (Å²) >= 11 is 1.91. The van der Waals surface area contributed by atoms with Gasteiger partial charge in [0.2, 0.25) is 0 Å². The Morgan fingerprint density at radius 2 is 2.11 bits per heavy atom. The van der Waals surface area contributed by atoms with Gasteiger partial charge in [-0.15, -0.1) is 0 Å². The third-order valence-corrected chi connectivity index (χ3v) is 3.15. The number of rotatable bonds is 4. The van der Waals surface area contributed by atoms with Crippen LogP contribution in [0.3, 0.4) is 0 Å². The van der Waals surface area contributed by atoms with Gasteiger partial charge < -0.3 is 15.3 Å². The van der Waals surface area contributed by atoms with Gasteiger partial charge in [0.25, 0.3) is 6.43 Å². The number of alkyl halides is 2. The molecule has 1 aromatic rings. The number of hydrogen-bond acceptors (Lipinski definition) is 2. The van der Waals surface area contributed by atoms with Crippen LogP contribution in [0.2, 0.25) is 0 Å². The fourth-order valence-electron chi connectivity index (χ4n) is 1.25. The maximum atomic E-state index is 12.1. The lowest BCUT2D eigenvalue weighted by molar-refractivity contribution is 0.0697. The maximum Gasteiger partial charge on any atom is 0.335 e. The molecule has 0 atom stereocenters. The van der Waals surface area contributed by atoms with Gasteiger partial charge in [0.15, 0.2) is 0 Å². The molecule has 0 heterocycles. The van der Waals surface area contributed by atoms with E-state index in [1.807, 2.05) is 22.6 Å². The van der Waals surface area contributed by atoms with Crippen molar-refractivity contribution in [1.29, 1.82) is 0 Å². The Balaban J connectivity index is 2.84. The van der Waals surface area contributed by atoms with E-state index in [0.717, 1.165) is 4.90 Å².